The van der Waals surface area contributed by atoms with Crippen LogP contribution in [-0.2, 0) is 24.7 Å². The summed E-state index contributed by atoms with van der Waals surface area (Å²) in [5.74, 6) is -0.239. The maximum atomic E-state index is 12.9. The lowest BCUT2D eigenvalue weighted by atomic mass is 10.0. The SMILES string of the molecule is CO[C@]1(C(=O)OC(C)(C)C)N=Nc2cc(OCCN(CC(O)c3ccc(Cl)c(N)c3)C(=O)OC(C)(C)C)ccc21. The summed E-state index contributed by atoms with van der Waals surface area (Å²) in [6.45, 7) is 10.6. The van der Waals surface area contributed by atoms with E-state index in [-0.39, 0.29) is 19.7 Å². The second-order valence-electron chi connectivity index (χ2n) is 11.3. The fourth-order valence-corrected chi connectivity index (χ4v) is 3.94. The van der Waals surface area contributed by atoms with E-state index < -0.39 is 35.1 Å². The van der Waals surface area contributed by atoms with Crippen LogP contribution >= 0.6 is 11.6 Å². The summed E-state index contributed by atoms with van der Waals surface area (Å²) in [5, 5.41) is 19.4. The molecule has 2 aromatic rings. The molecule has 1 aliphatic rings. The second-order valence-corrected chi connectivity index (χ2v) is 11.7. The van der Waals surface area contributed by atoms with Crippen LogP contribution in [0, 0.1) is 0 Å². The Hall–Kier alpha value is -3.41. The smallest absolute Gasteiger partial charge is 0.410 e. The van der Waals surface area contributed by atoms with Gasteiger partial charge in [0.05, 0.1) is 35.6 Å². The van der Waals surface area contributed by atoms with E-state index in [4.69, 9.17) is 36.3 Å². The van der Waals surface area contributed by atoms with E-state index in [1.807, 2.05) is 0 Å². The number of aliphatic hydroxyl groups is 1. The third-order valence-electron chi connectivity index (χ3n) is 5.68. The number of halogens is 1. The Kier molecular flexibility index (Phi) is 9.33. The van der Waals surface area contributed by atoms with E-state index in [9.17, 15) is 14.7 Å². The van der Waals surface area contributed by atoms with Crippen molar-refractivity contribution >= 4 is 35.0 Å². The summed E-state index contributed by atoms with van der Waals surface area (Å²) in [6, 6.07) is 9.70. The van der Waals surface area contributed by atoms with Crippen LogP contribution < -0.4 is 10.5 Å². The van der Waals surface area contributed by atoms with Gasteiger partial charge in [-0.2, -0.15) is 5.11 Å². The fraction of sp³-hybridized carbons (Fsp3) is 0.500. The number of ether oxygens (including phenoxy) is 4. The van der Waals surface area contributed by atoms with Gasteiger partial charge in [0.25, 0.3) is 0 Å². The molecule has 1 aliphatic heterocycles. The number of fused-ring (bicyclic) bond motifs is 1. The molecule has 3 N–H and O–H groups in total. The summed E-state index contributed by atoms with van der Waals surface area (Å²) >= 11 is 5.99. The number of hydrogen-bond donors (Lipinski definition) is 2. The molecule has 2 aromatic carbocycles. The van der Waals surface area contributed by atoms with Gasteiger partial charge in [-0.1, -0.05) is 17.7 Å². The summed E-state index contributed by atoms with van der Waals surface area (Å²) in [6.07, 6.45) is -1.65. The number of methoxy groups -OCH3 is 1. The average Bonchev–Trinajstić information content (AvgIpc) is 3.22. The number of amides is 1. The lowest BCUT2D eigenvalue weighted by molar-refractivity contribution is -0.181. The van der Waals surface area contributed by atoms with Crippen molar-refractivity contribution in [2.24, 2.45) is 10.2 Å². The molecule has 1 heterocycles. The number of esters is 1. The van der Waals surface area contributed by atoms with Crippen molar-refractivity contribution in [3.8, 4) is 5.75 Å². The Balaban J connectivity index is 1.71. The van der Waals surface area contributed by atoms with Crippen LogP contribution in [0.5, 0.6) is 5.75 Å². The van der Waals surface area contributed by atoms with Crippen molar-refractivity contribution in [2.75, 3.05) is 32.5 Å². The molecule has 1 amide bonds. The molecule has 0 fully saturated rings. The number of rotatable bonds is 9. The first-order valence-electron chi connectivity index (χ1n) is 12.7. The minimum atomic E-state index is -1.70. The standard InChI is InChI=1S/C28H37ClN4O7/c1-26(2,3)39-24(35)28(37-7)19-10-9-18(15-22(19)31-32-28)38-13-12-33(25(36)40-27(4,5)6)16-23(34)17-8-11-20(29)21(30)14-17/h8-11,14-15,23,34H,12-13,16,30H2,1-7H3/t23?,28-/m1/s1. The van der Waals surface area contributed by atoms with Crippen molar-refractivity contribution in [1.82, 2.24) is 4.90 Å². The highest BCUT2D eigenvalue weighted by Gasteiger charge is 2.49. The number of carbonyl (C=O) groups excluding carboxylic acids is 2. The van der Waals surface area contributed by atoms with Crippen LogP contribution in [0.25, 0.3) is 0 Å². The first kappa shape index (κ1) is 31.1. The molecule has 1 unspecified atom stereocenters. The van der Waals surface area contributed by atoms with Gasteiger partial charge in [-0.25, -0.2) is 9.59 Å². The second kappa shape index (κ2) is 12.0. The molecule has 218 valence electrons. The van der Waals surface area contributed by atoms with E-state index in [0.29, 0.717) is 33.3 Å². The number of nitrogens with two attached hydrogens (primary N) is 1. The molecule has 2 atom stereocenters. The largest absolute Gasteiger partial charge is 0.492 e. The maximum absolute atomic E-state index is 12.9. The van der Waals surface area contributed by atoms with Gasteiger partial charge < -0.3 is 34.7 Å². The highest BCUT2D eigenvalue weighted by Crippen LogP contribution is 2.44. The molecular weight excluding hydrogens is 540 g/mol. The average molecular weight is 577 g/mol. The molecule has 12 heteroatoms. The molecule has 3 rings (SSSR count). The van der Waals surface area contributed by atoms with Crippen LogP contribution in [0.2, 0.25) is 5.02 Å². The summed E-state index contributed by atoms with van der Waals surface area (Å²) < 4.78 is 22.4. The van der Waals surface area contributed by atoms with Crippen molar-refractivity contribution in [3.05, 3.63) is 52.5 Å². The Morgan fingerprint density at radius 1 is 1.07 bits per heavy atom. The number of carbonyl (C=O) groups is 2. The van der Waals surface area contributed by atoms with Crippen molar-refractivity contribution in [3.63, 3.8) is 0 Å². The summed E-state index contributed by atoms with van der Waals surface area (Å²) in [5.41, 5.74) is 4.34. The molecule has 11 nitrogen and oxygen atoms in total. The monoisotopic (exact) mass is 576 g/mol. The van der Waals surface area contributed by atoms with Crippen molar-refractivity contribution in [2.45, 2.75) is 64.6 Å². The van der Waals surface area contributed by atoms with Crippen LogP contribution in [0.1, 0.15) is 58.8 Å². The van der Waals surface area contributed by atoms with E-state index in [2.05, 4.69) is 10.2 Å². The van der Waals surface area contributed by atoms with E-state index in [1.54, 1.807) is 77.9 Å². The van der Waals surface area contributed by atoms with Gasteiger partial charge in [0.15, 0.2) is 0 Å². The van der Waals surface area contributed by atoms with Gasteiger partial charge in [0.1, 0.15) is 23.6 Å². The highest BCUT2D eigenvalue weighted by atomic mass is 35.5. The molecule has 0 radical (unpaired) electrons. The predicted molar refractivity (Wildman–Crippen MR) is 150 cm³/mol. The number of azo groups is 1. The number of nitrogen functional groups attached to an aromatic ring is 1. The lowest BCUT2D eigenvalue weighted by Crippen LogP contribution is -2.41. The van der Waals surface area contributed by atoms with E-state index in [1.165, 1.54) is 12.0 Å². The first-order valence-corrected chi connectivity index (χ1v) is 13.1. The quantitative estimate of drug-likeness (QED) is 0.293. The minimum absolute atomic E-state index is 0.0655. The fourth-order valence-electron chi connectivity index (χ4n) is 3.82. The highest BCUT2D eigenvalue weighted by molar-refractivity contribution is 6.33. The first-order chi connectivity index (χ1) is 18.5. The number of nitrogens with zero attached hydrogens (tertiary/aromatic N) is 3. The maximum Gasteiger partial charge on any atom is 0.410 e. The molecular formula is C28H37ClN4O7. The zero-order valence-electron chi connectivity index (χ0n) is 23.9. The molecule has 0 saturated carbocycles. The Morgan fingerprint density at radius 3 is 2.35 bits per heavy atom. The predicted octanol–water partition coefficient (Wildman–Crippen LogP) is 5.51. The topological polar surface area (TPSA) is 145 Å². The van der Waals surface area contributed by atoms with Gasteiger partial charge in [-0.15, -0.1) is 5.11 Å². The minimum Gasteiger partial charge on any atom is -0.492 e. The van der Waals surface area contributed by atoms with E-state index >= 15 is 0 Å². The molecule has 0 aliphatic carbocycles. The molecule has 40 heavy (non-hydrogen) atoms. The van der Waals surface area contributed by atoms with Gasteiger partial charge >= 0.3 is 17.8 Å². The summed E-state index contributed by atoms with van der Waals surface area (Å²) in [4.78, 5) is 27.2. The Labute approximate surface area is 239 Å². The van der Waals surface area contributed by atoms with Crippen LogP contribution in [-0.4, -0.2) is 60.1 Å². The van der Waals surface area contributed by atoms with Crippen LogP contribution in [0.4, 0.5) is 16.2 Å². The van der Waals surface area contributed by atoms with Gasteiger partial charge in [0.2, 0.25) is 0 Å². The lowest BCUT2D eigenvalue weighted by Gasteiger charge is -2.29. The molecule has 0 saturated heterocycles. The third-order valence-corrected chi connectivity index (χ3v) is 6.03. The van der Waals surface area contributed by atoms with Crippen molar-refractivity contribution in [1.29, 1.82) is 0 Å². The zero-order chi connectivity index (χ0) is 29.9. The molecule has 0 aromatic heterocycles. The molecule has 0 bridgehead atoms. The molecule has 0 spiro atoms. The van der Waals surface area contributed by atoms with Gasteiger partial charge in [-0.05, 0) is 71.4 Å². The Morgan fingerprint density at radius 2 is 1.75 bits per heavy atom. The van der Waals surface area contributed by atoms with Gasteiger partial charge in [-0.3, -0.25) is 0 Å². The van der Waals surface area contributed by atoms with Gasteiger partial charge in [0, 0.05) is 18.7 Å². The van der Waals surface area contributed by atoms with E-state index in [0.717, 1.165) is 0 Å². The number of aliphatic hydroxyl groups excluding tert-OH is 1. The number of benzene rings is 2. The zero-order valence-corrected chi connectivity index (χ0v) is 24.6. The van der Waals surface area contributed by atoms with Crippen LogP contribution in [0.3, 0.4) is 0 Å². The Bertz CT molecular complexity index is 1270. The summed E-state index contributed by atoms with van der Waals surface area (Å²) in [7, 11) is 1.36. The number of anilines is 1. The van der Waals surface area contributed by atoms with Crippen molar-refractivity contribution < 1.29 is 33.6 Å². The normalized spacial score (nSPS) is 17.2. The third kappa shape index (κ3) is 7.61. The van der Waals surface area contributed by atoms with Crippen LogP contribution in [0.15, 0.2) is 46.6 Å². The number of hydrogen-bond acceptors (Lipinski definition) is 10.